The molecule has 2 rings (SSSR count). The number of carbonyl (C=O) groups is 1. The summed E-state index contributed by atoms with van der Waals surface area (Å²) in [5.41, 5.74) is 1.84. The molecule has 0 heterocycles. The molecule has 1 amide bonds. The zero-order chi connectivity index (χ0) is 14.5. The van der Waals surface area contributed by atoms with Crippen molar-refractivity contribution in [1.29, 1.82) is 0 Å². The second kappa shape index (κ2) is 6.86. The average molecular weight is 276 g/mol. The second-order valence-electron chi connectivity index (χ2n) is 5.87. The van der Waals surface area contributed by atoms with Crippen LogP contribution < -0.4 is 5.32 Å². The van der Waals surface area contributed by atoms with Crippen molar-refractivity contribution in [3.05, 3.63) is 35.4 Å². The van der Waals surface area contributed by atoms with Gasteiger partial charge in [-0.1, -0.05) is 25.0 Å². The van der Waals surface area contributed by atoms with E-state index >= 15 is 0 Å². The van der Waals surface area contributed by atoms with Crippen LogP contribution in [0.25, 0.3) is 0 Å². The Labute approximate surface area is 120 Å². The highest BCUT2D eigenvalue weighted by molar-refractivity contribution is 5.94. The van der Waals surface area contributed by atoms with Crippen LogP contribution in [-0.4, -0.2) is 42.2 Å². The Morgan fingerprint density at radius 3 is 2.50 bits per heavy atom. The Hall–Kier alpha value is -1.39. The molecular weight excluding hydrogens is 252 g/mol. The summed E-state index contributed by atoms with van der Waals surface area (Å²) in [7, 11) is 4.04. The molecule has 0 spiro atoms. The molecule has 0 radical (unpaired) electrons. The molecule has 110 valence electrons. The normalized spacial score (nSPS) is 22.8. The van der Waals surface area contributed by atoms with Crippen molar-refractivity contribution in [3.8, 4) is 0 Å². The van der Waals surface area contributed by atoms with Gasteiger partial charge in [-0.05, 0) is 44.6 Å². The van der Waals surface area contributed by atoms with Gasteiger partial charge in [-0.3, -0.25) is 4.79 Å². The van der Waals surface area contributed by atoms with Crippen LogP contribution in [0, 0.1) is 0 Å². The number of aliphatic hydroxyl groups is 1. The van der Waals surface area contributed by atoms with Gasteiger partial charge in [0.2, 0.25) is 0 Å². The lowest BCUT2D eigenvalue weighted by atomic mass is 9.92. The van der Waals surface area contributed by atoms with E-state index in [1.165, 1.54) is 5.56 Å². The van der Waals surface area contributed by atoms with E-state index in [0.717, 1.165) is 32.2 Å². The van der Waals surface area contributed by atoms with E-state index in [0.29, 0.717) is 5.56 Å². The van der Waals surface area contributed by atoms with Gasteiger partial charge in [0.25, 0.3) is 5.91 Å². The third-order valence-electron chi connectivity index (χ3n) is 3.76. The van der Waals surface area contributed by atoms with Gasteiger partial charge in [0.1, 0.15) is 0 Å². The minimum Gasteiger partial charge on any atom is -0.391 e. The summed E-state index contributed by atoms with van der Waals surface area (Å²) < 4.78 is 0. The van der Waals surface area contributed by atoms with Gasteiger partial charge in [-0.25, -0.2) is 0 Å². The number of aliphatic hydroxyl groups excluding tert-OH is 1. The lowest BCUT2D eigenvalue weighted by Crippen LogP contribution is -2.45. The Kier molecular flexibility index (Phi) is 5.15. The lowest BCUT2D eigenvalue weighted by molar-refractivity contribution is 0.0717. The van der Waals surface area contributed by atoms with Gasteiger partial charge in [-0.2, -0.15) is 0 Å². The molecule has 1 aromatic rings. The summed E-state index contributed by atoms with van der Waals surface area (Å²) in [6.45, 7) is 0.864. The van der Waals surface area contributed by atoms with E-state index in [-0.39, 0.29) is 11.9 Å². The minimum atomic E-state index is -0.402. The number of nitrogens with one attached hydrogen (secondary N) is 1. The first kappa shape index (κ1) is 15.0. The van der Waals surface area contributed by atoms with E-state index in [2.05, 4.69) is 10.2 Å². The molecule has 4 nitrogen and oxygen atoms in total. The molecule has 1 aromatic carbocycles. The standard InChI is InChI=1S/C16H24N2O2/c1-18(2)11-12-7-9-13(10-8-12)16(20)17-14-5-3-4-6-15(14)19/h7-10,14-15,19H,3-6,11H2,1-2H3,(H,17,20). The maximum absolute atomic E-state index is 12.2. The SMILES string of the molecule is CN(C)Cc1ccc(C(=O)NC2CCCCC2O)cc1. The van der Waals surface area contributed by atoms with Crippen molar-refractivity contribution in [2.24, 2.45) is 0 Å². The zero-order valence-corrected chi connectivity index (χ0v) is 12.3. The second-order valence-corrected chi connectivity index (χ2v) is 5.87. The highest BCUT2D eigenvalue weighted by atomic mass is 16.3. The highest BCUT2D eigenvalue weighted by Crippen LogP contribution is 2.18. The van der Waals surface area contributed by atoms with Crippen molar-refractivity contribution < 1.29 is 9.90 Å². The van der Waals surface area contributed by atoms with E-state index < -0.39 is 6.10 Å². The first-order valence-corrected chi connectivity index (χ1v) is 7.29. The number of amides is 1. The Morgan fingerprint density at radius 1 is 1.25 bits per heavy atom. The number of carbonyl (C=O) groups excluding carboxylic acids is 1. The molecule has 20 heavy (non-hydrogen) atoms. The minimum absolute atomic E-state index is 0.0904. The van der Waals surface area contributed by atoms with Gasteiger partial charge in [-0.15, -0.1) is 0 Å². The van der Waals surface area contributed by atoms with Crippen LogP contribution in [0.1, 0.15) is 41.6 Å². The summed E-state index contributed by atoms with van der Waals surface area (Å²) in [6, 6.07) is 7.56. The number of nitrogens with zero attached hydrogens (tertiary/aromatic N) is 1. The summed E-state index contributed by atoms with van der Waals surface area (Å²) in [4.78, 5) is 14.3. The number of hydrogen-bond donors (Lipinski definition) is 2. The van der Waals surface area contributed by atoms with Crippen LogP contribution >= 0.6 is 0 Å². The van der Waals surface area contributed by atoms with E-state index in [1.54, 1.807) is 0 Å². The molecule has 1 aliphatic rings. The molecule has 0 saturated heterocycles. The molecule has 2 unspecified atom stereocenters. The predicted octanol–water partition coefficient (Wildman–Crippen LogP) is 1.78. The third-order valence-corrected chi connectivity index (χ3v) is 3.76. The maximum atomic E-state index is 12.2. The zero-order valence-electron chi connectivity index (χ0n) is 12.3. The molecule has 1 fully saturated rings. The molecule has 0 aliphatic heterocycles. The summed E-state index contributed by atoms with van der Waals surface area (Å²) >= 11 is 0. The fourth-order valence-electron chi connectivity index (χ4n) is 2.66. The number of rotatable bonds is 4. The average Bonchev–Trinajstić information content (AvgIpc) is 2.41. The van der Waals surface area contributed by atoms with Gasteiger partial charge < -0.3 is 15.3 Å². The van der Waals surface area contributed by atoms with E-state index in [9.17, 15) is 9.90 Å². The van der Waals surface area contributed by atoms with Crippen LogP contribution in [0.3, 0.4) is 0 Å². The van der Waals surface area contributed by atoms with Gasteiger partial charge in [0.15, 0.2) is 0 Å². The molecule has 2 N–H and O–H groups in total. The van der Waals surface area contributed by atoms with Crippen LogP contribution in [0.15, 0.2) is 24.3 Å². The van der Waals surface area contributed by atoms with Crippen LogP contribution in [0.2, 0.25) is 0 Å². The molecule has 4 heteroatoms. The molecule has 2 atom stereocenters. The van der Waals surface area contributed by atoms with Gasteiger partial charge in [0, 0.05) is 12.1 Å². The lowest BCUT2D eigenvalue weighted by Gasteiger charge is -2.28. The Bertz CT molecular complexity index is 442. The fraction of sp³-hybridized carbons (Fsp3) is 0.562. The Morgan fingerprint density at radius 2 is 1.90 bits per heavy atom. The summed E-state index contributed by atoms with van der Waals surface area (Å²) in [5.74, 6) is -0.0904. The molecule has 0 bridgehead atoms. The van der Waals surface area contributed by atoms with Crippen molar-refractivity contribution in [3.63, 3.8) is 0 Å². The third kappa shape index (κ3) is 4.05. The van der Waals surface area contributed by atoms with Crippen molar-refractivity contribution in [1.82, 2.24) is 10.2 Å². The molecular formula is C16H24N2O2. The molecule has 1 aliphatic carbocycles. The van der Waals surface area contributed by atoms with E-state index in [4.69, 9.17) is 0 Å². The quantitative estimate of drug-likeness (QED) is 0.881. The number of hydrogen-bond acceptors (Lipinski definition) is 3. The van der Waals surface area contributed by atoms with Crippen LogP contribution in [0.4, 0.5) is 0 Å². The predicted molar refractivity (Wildman–Crippen MR) is 79.6 cm³/mol. The van der Waals surface area contributed by atoms with Crippen molar-refractivity contribution >= 4 is 5.91 Å². The summed E-state index contributed by atoms with van der Waals surface area (Å²) in [5, 5.41) is 12.8. The monoisotopic (exact) mass is 276 g/mol. The Balaban J connectivity index is 1.95. The smallest absolute Gasteiger partial charge is 0.251 e. The van der Waals surface area contributed by atoms with Gasteiger partial charge in [0.05, 0.1) is 12.1 Å². The summed E-state index contributed by atoms with van der Waals surface area (Å²) in [6.07, 6.45) is 3.37. The van der Waals surface area contributed by atoms with Crippen molar-refractivity contribution in [2.45, 2.75) is 44.4 Å². The fourth-order valence-corrected chi connectivity index (χ4v) is 2.66. The highest BCUT2D eigenvalue weighted by Gasteiger charge is 2.24. The van der Waals surface area contributed by atoms with Gasteiger partial charge >= 0.3 is 0 Å². The molecule has 1 saturated carbocycles. The largest absolute Gasteiger partial charge is 0.391 e. The topological polar surface area (TPSA) is 52.6 Å². The first-order chi connectivity index (χ1) is 9.56. The first-order valence-electron chi connectivity index (χ1n) is 7.29. The van der Waals surface area contributed by atoms with Crippen molar-refractivity contribution in [2.75, 3.05) is 14.1 Å². The van der Waals surface area contributed by atoms with E-state index in [1.807, 2.05) is 38.4 Å². The van der Waals surface area contributed by atoms with Crippen LogP contribution in [-0.2, 0) is 6.54 Å². The number of benzene rings is 1. The van der Waals surface area contributed by atoms with Crippen LogP contribution in [0.5, 0.6) is 0 Å². The molecule has 0 aromatic heterocycles. The maximum Gasteiger partial charge on any atom is 0.251 e.